The van der Waals surface area contributed by atoms with Crippen LogP contribution in [0, 0.1) is 0 Å². The molecule has 25 heavy (non-hydrogen) atoms. The third-order valence-electron chi connectivity index (χ3n) is 3.78. The molecule has 0 aliphatic carbocycles. The van der Waals surface area contributed by atoms with Crippen LogP contribution in [0.4, 0.5) is 13.2 Å². The smallest absolute Gasteiger partial charge is 0.438 e. The zero-order valence-corrected chi connectivity index (χ0v) is 12.6. The molecular weight excluding hydrogens is 339 g/mol. The van der Waals surface area contributed by atoms with Crippen LogP contribution in [-0.2, 0) is 0 Å². The van der Waals surface area contributed by atoms with Crippen molar-refractivity contribution < 1.29 is 28.2 Å². The van der Waals surface area contributed by atoms with Crippen molar-refractivity contribution in [2.45, 2.75) is 18.3 Å². The number of aromatic hydroxyl groups is 1. The summed E-state index contributed by atoms with van der Waals surface area (Å²) in [4.78, 5) is 16.3. The van der Waals surface area contributed by atoms with Gasteiger partial charge < -0.3 is 10.2 Å². The van der Waals surface area contributed by atoms with Crippen molar-refractivity contribution in [1.29, 1.82) is 0 Å². The minimum Gasteiger partial charge on any atom is -0.507 e. The lowest BCUT2D eigenvalue weighted by Crippen LogP contribution is -2.56. The zero-order valence-electron chi connectivity index (χ0n) is 12.6. The highest BCUT2D eigenvalue weighted by molar-refractivity contribution is 6.05. The molecule has 1 amide bonds. The summed E-state index contributed by atoms with van der Waals surface area (Å²) < 4.78 is 40.4. The van der Waals surface area contributed by atoms with Gasteiger partial charge in [-0.3, -0.25) is 9.78 Å². The average Bonchev–Trinajstić information content (AvgIpc) is 2.94. The fourth-order valence-corrected chi connectivity index (χ4v) is 2.45. The number of hydrogen-bond donors (Lipinski definition) is 2. The molecule has 0 spiro atoms. The minimum atomic E-state index is -5.15. The fourth-order valence-electron chi connectivity index (χ4n) is 2.45. The van der Waals surface area contributed by atoms with Crippen LogP contribution in [0.15, 0.2) is 53.9 Å². The Kier molecular flexibility index (Phi) is 3.96. The molecule has 1 aliphatic rings. The van der Waals surface area contributed by atoms with Gasteiger partial charge in [0.15, 0.2) is 0 Å². The van der Waals surface area contributed by atoms with Gasteiger partial charge in [-0.2, -0.15) is 23.3 Å². The van der Waals surface area contributed by atoms with Crippen molar-refractivity contribution in [2.24, 2.45) is 5.10 Å². The number of phenolic OH excluding ortho intramolecular Hbond substituents is 1. The number of amides is 1. The molecule has 130 valence electrons. The maximum atomic E-state index is 13.5. The Bertz CT molecular complexity index is 839. The van der Waals surface area contributed by atoms with Crippen LogP contribution in [0.25, 0.3) is 0 Å². The van der Waals surface area contributed by atoms with Gasteiger partial charge in [-0.25, -0.2) is 0 Å². The Morgan fingerprint density at radius 2 is 1.80 bits per heavy atom. The normalized spacial score (nSPS) is 20.5. The Hall–Kier alpha value is -2.94. The van der Waals surface area contributed by atoms with Crippen LogP contribution >= 0.6 is 0 Å². The molecule has 0 bridgehead atoms. The third kappa shape index (κ3) is 2.82. The molecule has 1 aromatic heterocycles. The molecule has 2 heterocycles. The molecule has 2 N–H and O–H groups in total. The molecule has 0 saturated heterocycles. The van der Waals surface area contributed by atoms with Crippen LogP contribution in [0.3, 0.4) is 0 Å². The van der Waals surface area contributed by atoms with Crippen molar-refractivity contribution in [3.8, 4) is 5.75 Å². The number of carbonyl (C=O) groups excluding carboxylic acids is 1. The van der Waals surface area contributed by atoms with Crippen LogP contribution in [0.2, 0.25) is 0 Å². The topological polar surface area (TPSA) is 86.0 Å². The van der Waals surface area contributed by atoms with E-state index in [-0.39, 0.29) is 10.7 Å². The SMILES string of the molecule is O=C(c1ccccc1O)N1N=C(c2ccncc2)C[C@]1(O)C(F)(F)F. The summed E-state index contributed by atoms with van der Waals surface area (Å²) in [7, 11) is 0. The molecule has 0 radical (unpaired) electrons. The molecule has 0 unspecified atom stereocenters. The molecule has 0 fully saturated rings. The highest BCUT2D eigenvalue weighted by Crippen LogP contribution is 2.42. The Balaban J connectivity index is 2.08. The van der Waals surface area contributed by atoms with Gasteiger partial charge in [-0.05, 0) is 24.3 Å². The number of pyridine rings is 1. The first-order valence-electron chi connectivity index (χ1n) is 7.13. The van der Waals surface area contributed by atoms with Gasteiger partial charge in [0.25, 0.3) is 11.6 Å². The van der Waals surface area contributed by atoms with Crippen LogP contribution in [-0.4, -0.2) is 43.7 Å². The van der Waals surface area contributed by atoms with Crippen LogP contribution in [0.1, 0.15) is 22.3 Å². The molecule has 3 rings (SSSR count). The monoisotopic (exact) mass is 351 g/mol. The van der Waals surface area contributed by atoms with Crippen molar-refractivity contribution in [3.05, 3.63) is 59.9 Å². The second-order valence-electron chi connectivity index (χ2n) is 5.41. The largest absolute Gasteiger partial charge is 0.507 e. The van der Waals surface area contributed by atoms with E-state index in [1.54, 1.807) is 0 Å². The van der Waals surface area contributed by atoms with E-state index in [4.69, 9.17) is 0 Å². The van der Waals surface area contributed by atoms with E-state index in [0.29, 0.717) is 5.56 Å². The van der Waals surface area contributed by atoms with E-state index in [9.17, 15) is 28.2 Å². The number of aliphatic hydroxyl groups is 1. The van der Waals surface area contributed by atoms with Crippen molar-refractivity contribution in [1.82, 2.24) is 9.99 Å². The van der Waals surface area contributed by atoms with E-state index in [1.165, 1.54) is 36.7 Å². The maximum Gasteiger partial charge on any atom is 0.438 e. The minimum absolute atomic E-state index is 0.0299. The van der Waals surface area contributed by atoms with Gasteiger partial charge in [0.05, 0.1) is 17.7 Å². The lowest BCUT2D eigenvalue weighted by Gasteiger charge is -2.32. The molecule has 9 heteroatoms. The second-order valence-corrected chi connectivity index (χ2v) is 5.41. The van der Waals surface area contributed by atoms with Crippen LogP contribution < -0.4 is 0 Å². The number of aromatic nitrogens is 1. The number of hydrogen-bond acceptors (Lipinski definition) is 5. The number of alkyl halides is 3. The van der Waals surface area contributed by atoms with Crippen molar-refractivity contribution in [3.63, 3.8) is 0 Å². The molecule has 1 atom stereocenters. The van der Waals surface area contributed by atoms with Gasteiger partial charge in [-0.15, -0.1) is 0 Å². The van der Waals surface area contributed by atoms with Gasteiger partial charge >= 0.3 is 6.18 Å². The summed E-state index contributed by atoms with van der Waals surface area (Å²) in [5, 5.41) is 23.6. The average molecular weight is 351 g/mol. The number of benzene rings is 1. The van der Waals surface area contributed by atoms with E-state index in [2.05, 4.69) is 10.1 Å². The van der Waals surface area contributed by atoms with Gasteiger partial charge in [-0.1, -0.05) is 12.1 Å². The first-order valence-corrected chi connectivity index (χ1v) is 7.13. The number of para-hydroxylation sites is 1. The third-order valence-corrected chi connectivity index (χ3v) is 3.78. The van der Waals surface area contributed by atoms with E-state index < -0.39 is 35.5 Å². The summed E-state index contributed by atoms with van der Waals surface area (Å²) in [5.41, 5.74) is -3.73. The number of rotatable bonds is 2. The first kappa shape index (κ1) is 16.9. The van der Waals surface area contributed by atoms with E-state index >= 15 is 0 Å². The molecule has 0 saturated carbocycles. The number of carbonyl (C=O) groups is 1. The summed E-state index contributed by atoms with van der Waals surface area (Å²) in [6.07, 6.45) is -3.36. The van der Waals surface area contributed by atoms with Gasteiger partial charge in [0.1, 0.15) is 5.75 Å². The van der Waals surface area contributed by atoms with Crippen molar-refractivity contribution in [2.75, 3.05) is 0 Å². The van der Waals surface area contributed by atoms with E-state index in [0.717, 1.165) is 12.1 Å². The summed E-state index contributed by atoms with van der Waals surface area (Å²) in [6, 6.07) is 7.94. The quantitative estimate of drug-likeness (QED) is 0.869. The van der Waals surface area contributed by atoms with Gasteiger partial charge in [0.2, 0.25) is 0 Å². The summed E-state index contributed by atoms with van der Waals surface area (Å²) in [6.45, 7) is 0. The number of hydrazone groups is 1. The molecule has 2 aromatic rings. The first-order chi connectivity index (χ1) is 11.7. The highest BCUT2D eigenvalue weighted by Gasteiger charge is 2.63. The summed E-state index contributed by atoms with van der Waals surface area (Å²) >= 11 is 0. The molecule has 1 aromatic carbocycles. The Labute approximate surface area is 139 Å². The maximum absolute atomic E-state index is 13.5. The second kappa shape index (κ2) is 5.85. The molecule has 6 nitrogen and oxygen atoms in total. The lowest BCUT2D eigenvalue weighted by molar-refractivity contribution is -0.297. The predicted molar refractivity (Wildman–Crippen MR) is 80.7 cm³/mol. The molecular formula is C16H12F3N3O3. The lowest BCUT2D eigenvalue weighted by atomic mass is 10.0. The predicted octanol–water partition coefficient (Wildman–Crippen LogP) is 2.29. The summed E-state index contributed by atoms with van der Waals surface area (Å²) in [5.74, 6) is -1.77. The Morgan fingerprint density at radius 1 is 1.16 bits per heavy atom. The number of halogens is 3. The van der Waals surface area contributed by atoms with E-state index in [1.807, 2.05) is 0 Å². The van der Waals surface area contributed by atoms with Crippen molar-refractivity contribution >= 4 is 11.6 Å². The molecule has 1 aliphatic heterocycles. The number of nitrogens with zero attached hydrogens (tertiary/aromatic N) is 3. The van der Waals surface area contributed by atoms with Gasteiger partial charge in [0, 0.05) is 18.0 Å². The number of phenols is 1. The standard InChI is InChI=1S/C16H12F3N3O3/c17-16(18,19)15(25)9-12(10-5-7-20-8-6-10)21-22(15)14(24)11-3-1-2-4-13(11)23/h1-8,23,25H,9H2/t15-/m0/s1. The highest BCUT2D eigenvalue weighted by atomic mass is 19.4. The zero-order chi connectivity index (χ0) is 18.2. The van der Waals surface area contributed by atoms with Crippen LogP contribution in [0.5, 0.6) is 5.75 Å². The fraction of sp³-hybridized carbons (Fsp3) is 0.188. The Morgan fingerprint density at radius 3 is 2.40 bits per heavy atom.